The summed E-state index contributed by atoms with van der Waals surface area (Å²) in [5, 5.41) is 18.0. The Morgan fingerprint density at radius 2 is 1.46 bits per heavy atom. The van der Waals surface area contributed by atoms with E-state index in [0.717, 1.165) is 12.8 Å². The summed E-state index contributed by atoms with van der Waals surface area (Å²) >= 11 is 0. The van der Waals surface area contributed by atoms with Crippen molar-refractivity contribution in [2.75, 3.05) is 26.4 Å². The van der Waals surface area contributed by atoms with Crippen LogP contribution in [0.2, 0.25) is 0 Å². The molecule has 0 radical (unpaired) electrons. The van der Waals surface area contributed by atoms with E-state index in [0.29, 0.717) is 5.92 Å². The minimum atomic E-state index is -0.578. The van der Waals surface area contributed by atoms with Gasteiger partial charge in [0, 0.05) is 0 Å². The maximum Gasteiger partial charge on any atom is 0.310 e. The number of hydrogen-bond donors (Lipinski definition) is 2. The number of ether oxygens (including phenoxy) is 2. The molecule has 148 valence electrons. The van der Waals surface area contributed by atoms with Gasteiger partial charge in [-0.3, -0.25) is 9.59 Å². The Morgan fingerprint density at radius 1 is 0.962 bits per heavy atom. The number of allylic oxidation sites excluding steroid dienone is 2. The summed E-state index contributed by atoms with van der Waals surface area (Å²) in [7, 11) is 0. The molecule has 0 amide bonds. The molecule has 2 N–H and O–H groups in total. The average Bonchev–Trinajstić information content (AvgIpc) is 2.61. The maximum absolute atomic E-state index is 12.9. The number of rotatable bonds is 7. The molecule has 6 nitrogen and oxygen atoms in total. The smallest absolute Gasteiger partial charge is 0.310 e. The average molecular weight is 368 g/mol. The van der Waals surface area contributed by atoms with Gasteiger partial charge in [0.15, 0.2) is 0 Å². The standard InChI is InChI=1S/C20H32O6/c1-12(2)14-5-4-13(3)15-6-7-16(14)18(20(24)26-11-9-22)17(15)19(23)25-10-8-21/h4-5,12-18,21-22H,6-11H2,1-3H3/t13-,14-,15?,16?,17?,18?/m1/s1. The molecule has 0 heterocycles. The molecule has 3 aliphatic rings. The van der Waals surface area contributed by atoms with Crippen LogP contribution in [0.25, 0.3) is 0 Å². The first-order chi connectivity index (χ1) is 12.4. The molecule has 6 heteroatoms. The highest BCUT2D eigenvalue weighted by Gasteiger charge is 2.52. The molecule has 4 unspecified atom stereocenters. The van der Waals surface area contributed by atoms with Gasteiger partial charge in [-0.1, -0.05) is 32.9 Å². The second kappa shape index (κ2) is 9.51. The van der Waals surface area contributed by atoms with Crippen molar-refractivity contribution in [2.24, 2.45) is 41.4 Å². The van der Waals surface area contributed by atoms with Crippen molar-refractivity contribution in [2.45, 2.75) is 33.6 Å². The van der Waals surface area contributed by atoms with Crippen molar-refractivity contribution in [1.82, 2.24) is 0 Å². The van der Waals surface area contributed by atoms with Gasteiger partial charge in [-0.25, -0.2) is 0 Å². The SMILES string of the molecule is CC(C)[C@H]1C=C[C@@H](C)C2CCC1C(C(=O)OCCO)C2C(=O)OCCO. The number of fused-ring (bicyclic) bond motifs is 4. The summed E-state index contributed by atoms with van der Waals surface area (Å²) in [4.78, 5) is 25.7. The van der Waals surface area contributed by atoms with Gasteiger partial charge in [0.1, 0.15) is 13.2 Å². The lowest BCUT2D eigenvalue weighted by molar-refractivity contribution is -0.172. The van der Waals surface area contributed by atoms with Gasteiger partial charge in [0.2, 0.25) is 0 Å². The van der Waals surface area contributed by atoms with Crippen LogP contribution < -0.4 is 0 Å². The van der Waals surface area contributed by atoms with E-state index in [1.165, 1.54) is 0 Å². The topological polar surface area (TPSA) is 93.1 Å². The van der Waals surface area contributed by atoms with Crippen molar-refractivity contribution in [3.05, 3.63) is 12.2 Å². The first kappa shape index (κ1) is 20.9. The third-order valence-corrected chi connectivity index (χ3v) is 5.93. The zero-order valence-corrected chi connectivity index (χ0v) is 16.0. The number of esters is 2. The van der Waals surface area contributed by atoms with E-state index < -0.39 is 23.8 Å². The zero-order valence-electron chi connectivity index (χ0n) is 16.0. The summed E-state index contributed by atoms with van der Waals surface area (Å²) < 4.78 is 10.5. The summed E-state index contributed by atoms with van der Waals surface area (Å²) in [5.41, 5.74) is 0. The van der Waals surface area contributed by atoms with Crippen molar-refractivity contribution in [1.29, 1.82) is 0 Å². The molecule has 0 saturated heterocycles. The molecular formula is C20H32O6. The minimum absolute atomic E-state index is 0.00729. The molecule has 0 aliphatic heterocycles. The first-order valence-corrected chi connectivity index (χ1v) is 9.65. The fourth-order valence-corrected chi connectivity index (χ4v) is 4.73. The van der Waals surface area contributed by atoms with Crippen LogP contribution in [-0.2, 0) is 19.1 Å². The largest absolute Gasteiger partial charge is 0.463 e. The van der Waals surface area contributed by atoms with Gasteiger partial charge >= 0.3 is 11.9 Å². The highest BCUT2D eigenvalue weighted by Crippen LogP contribution is 2.50. The van der Waals surface area contributed by atoms with Crippen LogP contribution in [0, 0.1) is 41.4 Å². The Hall–Kier alpha value is -1.40. The van der Waals surface area contributed by atoms with E-state index in [9.17, 15) is 9.59 Å². The molecule has 0 aromatic carbocycles. The molecule has 26 heavy (non-hydrogen) atoms. The van der Waals surface area contributed by atoms with Crippen LogP contribution >= 0.6 is 0 Å². The number of hydrogen-bond acceptors (Lipinski definition) is 6. The lowest BCUT2D eigenvalue weighted by Crippen LogP contribution is -2.50. The van der Waals surface area contributed by atoms with Gasteiger partial charge in [0.05, 0.1) is 25.0 Å². The normalized spacial score (nSPS) is 33.6. The van der Waals surface area contributed by atoms with E-state index in [4.69, 9.17) is 19.7 Å². The van der Waals surface area contributed by atoms with E-state index in [-0.39, 0.29) is 50.1 Å². The molecule has 6 atom stereocenters. The fourth-order valence-electron chi connectivity index (χ4n) is 4.73. The number of carbonyl (C=O) groups is 2. The monoisotopic (exact) mass is 368 g/mol. The summed E-state index contributed by atoms with van der Waals surface area (Å²) in [5.74, 6) is -1.33. The van der Waals surface area contributed by atoms with Gasteiger partial charge in [0.25, 0.3) is 0 Å². The van der Waals surface area contributed by atoms with Crippen molar-refractivity contribution >= 4 is 11.9 Å². The van der Waals surface area contributed by atoms with Crippen LogP contribution in [0.15, 0.2) is 12.2 Å². The Labute approximate surface area is 155 Å². The van der Waals surface area contributed by atoms with E-state index in [2.05, 4.69) is 32.9 Å². The van der Waals surface area contributed by atoms with Crippen molar-refractivity contribution in [3.63, 3.8) is 0 Å². The van der Waals surface area contributed by atoms with Crippen molar-refractivity contribution in [3.8, 4) is 0 Å². The highest BCUT2D eigenvalue weighted by atomic mass is 16.5. The lowest BCUT2D eigenvalue weighted by atomic mass is 9.57. The molecule has 2 bridgehead atoms. The number of aliphatic hydroxyl groups excluding tert-OH is 2. The summed E-state index contributed by atoms with van der Waals surface area (Å²) in [6.07, 6.45) is 6.10. The molecule has 0 aromatic heterocycles. The zero-order chi connectivity index (χ0) is 19.3. The fraction of sp³-hybridized carbons (Fsp3) is 0.800. The van der Waals surface area contributed by atoms with E-state index in [1.807, 2.05) is 0 Å². The molecule has 1 fully saturated rings. The quantitative estimate of drug-likeness (QED) is 0.526. The third-order valence-electron chi connectivity index (χ3n) is 5.93. The first-order valence-electron chi connectivity index (χ1n) is 9.65. The van der Waals surface area contributed by atoms with Crippen LogP contribution in [0.3, 0.4) is 0 Å². The Morgan fingerprint density at radius 3 is 1.96 bits per heavy atom. The van der Waals surface area contributed by atoms with Crippen LogP contribution in [-0.4, -0.2) is 48.6 Å². The second-order valence-corrected chi connectivity index (χ2v) is 7.80. The predicted molar refractivity (Wildman–Crippen MR) is 95.9 cm³/mol. The third kappa shape index (κ3) is 4.46. The van der Waals surface area contributed by atoms with Crippen LogP contribution in [0.1, 0.15) is 33.6 Å². The van der Waals surface area contributed by atoms with E-state index in [1.54, 1.807) is 0 Å². The molecule has 0 spiro atoms. The highest BCUT2D eigenvalue weighted by molar-refractivity contribution is 5.83. The summed E-state index contributed by atoms with van der Waals surface area (Å²) in [6.45, 7) is 5.72. The predicted octanol–water partition coefficient (Wildman–Crippen LogP) is 1.79. The van der Waals surface area contributed by atoms with Gasteiger partial charge in [-0.05, 0) is 42.4 Å². The molecule has 0 aromatic rings. The number of aliphatic hydroxyl groups is 2. The maximum atomic E-state index is 12.9. The Kier molecular flexibility index (Phi) is 7.65. The molecule has 1 saturated carbocycles. The number of carbonyl (C=O) groups excluding carboxylic acids is 2. The van der Waals surface area contributed by atoms with E-state index >= 15 is 0 Å². The van der Waals surface area contributed by atoms with Gasteiger partial charge < -0.3 is 19.7 Å². The molecular weight excluding hydrogens is 336 g/mol. The Balaban J connectivity index is 2.41. The molecule has 3 rings (SSSR count). The van der Waals surface area contributed by atoms with Crippen LogP contribution in [0.4, 0.5) is 0 Å². The van der Waals surface area contributed by atoms with Gasteiger partial charge in [-0.2, -0.15) is 0 Å². The Bertz CT molecular complexity index is 514. The minimum Gasteiger partial charge on any atom is -0.463 e. The lowest BCUT2D eigenvalue weighted by Gasteiger charge is -2.47. The summed E-state index contributed by atoms with van der Waals surface area (Å²) in [6, 6.07) is 0. The van der Waals surface area contributed by atoms with Gasteiger partial charge in [-0.15, -0.1) is 0 Å². The second-order valence-electron chi connectivity index (χ2n) is 7.80. The van der Waals surface area contributed by atoms with Crippen molar-refractivity contribution < 1.29 is 29.3 Å². The molecule has 3 aliphatic carbocycles. The van der Waals surface area contributed by atoms with Crippen LogP contribution in [0.5, 0.6) is 0 Å².